The van der Waals surface area contributed by atoms with Gasteiger partial charge in [-0.3, -0.25) is 14.9 Å². The van der Waals surface area contributed by atoms with E-state index >= 15 is 0 Å². The summed E-state index contributed by atoms with van der Waals surface area (Å²) in [4.78, 5) is 26.0. The number of aromatic nitrogens is 2. The predicted molar refractivity (Wildman–Crippen MR) is 123 cm³/mol. The van der Waals surface area contributed by atoms with Crippen molar-refractivity contribution in [2.24, 2.45) is 5.92 Å². The van der Waals surface area contributed by atoms with Gasteiger partial charge in [-0.15, -0.1) is 22.0 Å². The van der Waals surface area contributed by atoms with E-state index in [0.29, 0.717) is 22.1 Å². The number of rotatable bonds is 9. The van der Waals surface area contributed by atoms with Crippen LogP contribution in [-0.4, -0.2) is 22.0 Å². The molecule has 0 radical (unpaired) electrons. The second kappa shape index (κ2) is 10.9. The first-order valence-corrected chi connectivity index (χ1v) is 11.6. The van der Waals surface area contributed by atoms with Crippen molar-refractivity contribution in [2.75, 3.05) is 10.6 Å². The largest absolute Gasteiger partial charge is 0.326 e. The molecule has 3 aromatic rings. The lowest BCUT2D eigenvalue weighted by Crippen LogP contribution is -2.22. The predicted octanol–water partition coefficient (Wildman–Crippen LogP) is 5.46. The second-order valence-corrected chi connectivity index (χ2v) is 8.75. The summed E-state index contributed by atoms with van der Waals surface area (Å²) < 4.78 is 0. The van der Waals surface area contributed by atoms with Gasteiger partial charge in [0.25, 0.3) is 5.91 Å². The van der Waals surface area contributed by atoms with Gasteiger partial charge in [-0.1, -0.05) is 49.4 Å². The molecule has 6 nitrogen and oxygen atoms in total. The van der Waals surface area contributed by atoms with Gasteiger partial charge in [-0.2, -0.15) is 0 Å². The molecule has 1 aromatic heterocycles. The Morgan fingerprint density at radius 1 is 1.00 bits per heavy atom. The second-order valence-electron chi connectivity index (χ2n) is 6.64. The Kier molecular flexibility index (Phi) is 7.98. The van der Waals surface area contributed by atoms with E-state index in [1.165, 1.54) is 11.3 Å². The van der Waals surface area contributed by atoms with E-state index in [1.807, 2.05) is 44.2 Å². The Morgan fingerprint density at radius 2 is 1.77 bits per heavy atom. The highest BCUT2D eigenvalue weighted by Crippen LogP contribution is 2.26. The molecule has 30 heavy (non-hydrogen) atoms. The fourth-order valence-corrected chi connectivity index (χ4v) is 4.48. The third kappa shape index (κ3) is 6.14. The van der Waals surface area contributed by atoms with Crippen LogP contribution in [0.3, 0.4) is 0 Å². The number of hydrogen-bond acceptors (Lipinski definition) is 6. The smallest absolute Gasteiger partial charge is 0.257 e. The molecule has 1 heterocycles. The van der Waals surface area contributed by atoms with Crippen molar-refractivity contribution in [3.05, 3.63) is 65.2 Å². The monoisotopic (exact) mass is 440 g/mol. The summed E-state index contributed by atoms with van der Waals surface area (Å²) in [5, 5.41) is 15.2. The van der Waals surface area contributed by atoms with Crippen LogP contribution in [0.25, 0.3) is 0 Å². The molecule has 0 spiro atoms. The molecule has 2 N–H and O–H groups in total. The van der Waals surface area contributed by atoms with E-state index in [-0.39, 0.29) is 17.7 Å². The lowest BCUT2D eigenvalue weighted by Gasteiger charge is -2.13. The first-order valence-electron chi connectivity index (χ1n) is 9.81. The Labute approximate surface area is 184 Å². The van der Waals surface area contributed by atoms with Gasteiger partial charge in [0.1, 0.15) is 5.01 Å². The van der Waals surface area contributed by atoms with Crippen molar-refractivity contribution in [1.29, 1.82) is 0 Å². The van der Waals surface area contributed by atoms with Crippen LogP contribution in [0, 0.1) is 5.92 Å². The lowest BCUT2D eigenvalue weighted by atomic mass is 10.0. The minimum absolute atomic E-state index is 0.0257. The molecular weight excluding hydrogens is 416 g/mol. The molecule has 0 aliphatic heterocycles. The average molecular weight is 441 g/mol. The number of benzene rings is 2. The number of nitrogens with zero attached hydrogens (tertiary/aromatic N) is 2. The molecular formula is C22H24N4O2S2. The van der Waals surface area contributed by atoms with Crippen LogP contribution in [-0.2, 0) is 10.5 Å². The van der Waals surface area contributed by atoms with Crippen LogP contribution in [0.4, 0.5) is 10.8 Å². The van der Waals surface area contributed by atoms with Gasteiger partial charge >= 0.3 is 0 Å². The summed E-state index contributed by atoms with van der Waals surface area (Å²) in [6, 6.07) is 17.0. The van der Waals surface area contributed by atoms with Gasteiger partial charge in [-0.05, 0) is 43.2 Å². The zero-order chi connectivity index (χ0) is 21.3. The molecule has 0 atom stereocenters. The average Bonchev–Trinajstić information content (AvgIpc) is 3.21. The summed E-state index contributed by atoms with van der Waals surface area (Å²) in [7, 11) is 0. The first kappa shape index (κ1) is 22.0. The fraction of sp³-hybridized carbons (Fsp3) is 0.273. The Balaban J connectivity index is 1.58. The zero-order valence-corrected chi connectivity index (χ0v) is 18.6. The summed E-state index contributed by atoms with van der Waals surface area (Å²) in [5.74, 6) is 0.347. The van der Waals surface area contributed by atoms with E-state index < -0.39 is 0 Å². The molecule has 0 fully saturated rings. The minimum atomic E-state index is -0.285. The summed E-state index contributed by atoms with van der Waals surface area (Å²) >= 11 is 3.03. The van der Waals surface area contributed by atoms with Crippen LogP contribution in [0.15, 0.2) is 59.5 Å². The number of carbonyl (C=O) groups is 2. The minimum Gasteiger partial charge on any atom is -0.326 e. The van der Waals surface area contributed by atoms with Crippen LogP contribution in [0.2, 0.25) is 0 Å². The Hall–Kier alpha value is -2.71. The Bertz CT molecular complexity index is 988. The number of nitrogens with one attached hydrogen (secondary N) is 2. The van der Waals surface area contributed by atoms with Gasteiger partial charge in [-0.25, -0.2) is 0 Å². The maximum atomic E-state index is 12.6. The molecule has 0 bridgehead atoms. The van der Waals surface area contributed by atoms with E-state index in [9.17, 15) is 9.59 Å². The summed E-state index contributed by atoms with van der Waals surface area (Å²) in [6.07, 6.45) is 1.56. The van der Waals surface area contributed by atoms with Crippen LogP contribution in [0.1, 0.15) is 42.1 Å². The molecule has 0 aliphatic rings. The highest BCUT2D eigenvalue weighted by molar-refractivity contribution is 7.98. The molecule has 0 aliphatic carbocycles. The van der Waals surface area contributed by atoms with Crippen molar-refractivity contribution in [3.63, 3.8) is 0 Å². The molecule has 2 aromatic carbocycles. The standard InChI is InChI=1S/C22H24N4O2S2/c1-3-15(4-2)20(27)23-17-10-8-9-16(13-17)21(28)24-22-26-25-19(30-22)14-29-18-11-6-5-7-12-18/h5-13,15H,3-4,14H2,1-2H3,(H,23,27)(H,24,26,28). The third-order valence-electron chi connectivity index (χ3n) is 4.54. The molecule has 0 saturated carbocycles. The van der Waals surface area contributed by atoms with Crippen molar-refractivity contribution < 1.29 is 9.59 Å². The molecule has 3 rings (SSSR count). The van der Waals surface area contributed by atoms with Gasteiger partial charge in [0.05, 0.1) is 5.75 Å². The van der Waals surface area contributed by atoms with Crippen molar-refractivity contribution in [2.45, 2.75) is 37.3 Å². The van der Waals surface area contributed by atoms with Gasteiger partial charge < -0.3 is 5.32 Å². The number of amides is 2. The third-order valence-corrected chi connectivity index (χ3v) is 6.59. The normalized spacial score (nSPS) is 10.8. The van der Waals surface area contributed by atoms with Gasteiger partial charge in [0.2, 0.25) is 11.0 Å². The summed E-state index contributed by atoms with van der Waals surface area (Å²) in [6.45, 7) is 3.98. The van der Waals surface area contributed by atoms with E-state index in [1.54, 1.807) is 36.0 Å². The van der Waals surface area contributed by atoms with Gasteiger partial charge in [0.15, 0.2) is 0 Å². The topological polar surface area (TPSA) is 84.0 Å². The number of thioether (sulfide) groups is 1. The van der Waals surface area contributed by atoms with Crippen molar-refractivity contribution in [1.82, 2.24) is 10.2 Å². The maximum absolute atomic E-state index is 12.6. The maximum Gasteiger partial charge on any atom is 0.257 e. The Morgan fingerprint density at radius 3 is 2.50 bits per heavy atom. The highest BCUT2D eigenvalue weighted by Gasteiger charge is 2.15. The lowest BCUT2D eigenvalue weighted by molar-refractivity contribution is -0.120. The van der Waals surface area contributed by atoms with Crippen molar-refractivity contribution in [3.8, 4) is 0 Å². The fourth-order valence-electron chi connectivity index (χ4n) is 2.84. The van der Waals surface area contributed by atoms with Crippen LogP contribution >= 0.6 is 23.1 Å². The molecule has 156 valence electrons. The first-order chi connectivity index (χ1) is 14.6. The number of hydrogen-bond donors (Lipinski definition) is 2. The molecule has 8 heteroatoms. The van der Waals surface area contributed by atoms with Crippen LogP contribution < -0.4 is 10.6 Å². The molecule has 0 unspecified atom stereocenters. The van der Waals surface area contributed by atoms with Gasteiger partial charge in [0, 0.05) is 22.1 Å². The quantitative estimate of drug-likeness (QED) is 0.432. The van der Waals surface area contributed by atoms with Crippen LogP contribution in [0.5, 0.6) is 0 Å². The highest BCUT2D eigenvalue weighted by atomic mass is 32.2. The zero-order valence-electron chi connectivity index (χ0n) is 16.9. The number of anilines is 2. The molecule has 2 amide bonds. The van der Waals surface area contributed by atoms with Crippen molar-refractivity contribution >= 4 is 45.7 Å². The van der Waals surface area contributed by atoms with E-state index in [4.69, 9.17) is 0 Å². The van der Waals surface area contributed by atoms with E-state index in [2.05, 4.69) is 20.8 Å². The number of carbonyl (C=O) groups excluding carboxylic acids is 2. The molecule has 0 saturated heterocycles. The SMILES string of the molecule is CCC(CC)C(=O)Nc1cccc(C(=O)Nc2nnc(CSc3ccccc3)s2)c1. The summed E-state index contributed by atoms with van der Waals surface area (Å²) in [5.41, 5.74) is 1.06. The van der Waals surface area contributed by atoms with E-state index in [0.717, 1.165) is 22.7 Å².